The molecule has 1 aromatic carbocycles. The van der Waals surface area contributed by atoms with E-state index < -0.39 is 0 Å². The highest BCUT2D eigenvalue weighted by molar-refractivity contribution is 6.07. The number of benzene rings is 1. The summed E-state index contributed by atoms with van der Waals surface area (Å²) in [6, 6.07) is 7.99. The third-order valence-corrected chi connectivity index (χ3v) is 3.46. The van der Waals surface area contributed by atoms with Gasteiger partial charge in [0.2, 0.25) is 0 Å². The molecule has 2 rings (SSSR count). The van der Waals surface area contributed by atoms with Crippen molar-refractivity contribution in [3.05, 3.63) is 36.0 Å². The average Bonchev–Trinajstić information content (AvgIpc) is 2.43. The van der Waals surface area contributed by atoms with Gasteiger partial charge in [0.25, 0.3) is 0 Å². The lowest BCUT2D eigenvalue weighted by atomic mass is 10.1. The van der Waals surface area contributed by atoms with Crippen molar-refractivity contribution in [1.29, 1.82) is 5.41 Å². The van der Waals surface area contributed by atoms with Crippen molar-refractivity contribution < 1.29 is 0 Å². The van der Waals surface area contributed by atoms with E-state index in [0.717, 1.165) is 29.6 Å². The predicted octanol–water partition coefficient (Wildman–Crippen LogP) is 3.00. The van der Waals surface area contributed by atoms with Crippen LogP contribution < -0.4 is 10.6 Å². The van der Waals surface area contributed by atoms with E-state index in [1.165, 1.54) is 0 Å². The third-order valence-electron chi connectivity index (χ3n) is 3.46. The van der Waals surface area contributed by atoms with Crippen LogP contribution in [0.25, 0.3) is 10.9 Å². The van der Waals surface area contributed by atoms with E-state index in [4.69, 9.17) is 11.1 Å². The van der Waals surface area contributed by atoms with Crippen molar-refractivity contribution in [2.75, 3.05) is 18.5 Å². The summed E-state index contributed by atoms with van der Waals surface area (Å²) in [7, 11) is 2.05. The number of amidine groups is 1. The summed E-state index contributed by atoms with van der Waals surface area (Å²) in [5, 5.41) is 8.82. The zero-order valence-corrected chi connectivity index (χ0v) is 12.4. The number of anilines is 1. The number of nitrogen functional groups attached to an aromatic ring is 1. The highest BCUT2D eigenvalue weighted by Gasteiger charge is 2.14. The van der Waals surface area contributed by atoms with Crippen LogP contribution in [0.4, 0.5) is 5.69 Å². The molecule has 0 atom stereocenters. The molecule has 20 heavy (non-hydrogen) atoms. The monoisotopic (exact) mass is 270 g/mol. The zero-order valence-electron chi connectivity index (χ0n) is 12.4. The predicted molar refractivity (Wildman–Crippen MR) is 85.5 cm³/mol. The van der Waals surface area contributed by atoms with E-state index in [1.807, 2.05) is 24.3 Å². The topological polar surface area (TPSA) is 66.0 Å². The normalized spacial score (nSPS) is 11.0. The summed E-state index contributed by atoms with van der Waals surface area (Å²) < 4.78 is 0. The first-order valence-electron chi connectivity index (χ1n) is 6.94. The maximum absolute atomic E-state index is 7.77. The average molecular weight is 270 g/mol. The number of fused-ring (bicyclic) bond motifs is 1. The maximum atomic E-state index is 7.77. The Labute approximate surface area is 120 Å². The smallest absolute Gasteiger partial charge is 0.126 e. The number of aromatic nitrogens is 1. The molecule has 4 nitrogen and oxygen atoms in total. The molecule has 0 radical (unpaired) electrons. The van der Waals surface area contributed by atoms with Gasteiger partial charge >= 0.3 is 0 Å². The summed E-state index contributed by atoms with van der Waals surface area (Å²) in [4.78, 5) is 6.57. The van der Waals surface area contributed by atoms with Gasteiger partial charge in [-0.15, -0.1) is 0 Å². The second-order valence-corrected chi connectivity index (χ2v) is 5.56. The first kappa shape index (κ1) is 14.3. The molecule has 0 bridgehead atoms. The Morgan fingerprint density at radius 2 is 2.05 bits per heavy atom. The van der Waals surface area contributed by atoms with E-state index in [0.29, 0.717) is 11.5 Å². The number of para-hydroxylation sites is 1. The molecular weight excluding hydrogens is 248 g/mol. The molecule has 3 N–H and O–H groups in total. The molecule has 0 aliphatic rings. The minimum absolute atomic E-state index is 0.0645. The largest absolute Gasteiger partial charge is 0.384 e. The molecule has 0 spiro atoms. The maximum Gasteiger partial charge on any atom is 0.126 e. The molecule has 0 saturated carbocycles. The lowest BCUT2D eigenvalue weighted by molar-refractivity contribution is 0.585. The first-order chi connectivity index (χ1) is 9.50. The van der Waals surface area contributed by atoms with Crippen LogP contribution in [-0.4, -0.2) is 24.4 Å². The molecule has 0 fully saturated rings. The second kappa shape index (κ2) is 5.90. The van der Waals surface area contributed by atoms with Crippen LogP contribution in [0.15, 0.2) is 30.5 Å². The van der Waals surface area contributed by atoms with Gasteiger partial charge in [0.15, 0.2) is 0 Å². The molecule has 0 saturated heterocycles. The Morgan fingerprint density at radius 3 is 2.70 bits per heavy atom. The number of hydrogen-bond acceptors (Lipinski definition) is 3. The Balaban J connectivity index is 2.51. The fourth-order valence-electron chi connectivity index (χ4n) is 2.30. The van der Waals surface area contributed by atoms with Crippen molar-refractivity contribution in [2.45, 2.75) is 20.3 Å². The van der Waals surface area contributed by atoms with Crippen LogP contribution in [0, 0.1) is 11.3 Å². The van der Waals surface area contributed by atoms with E-state index >= 15 is 0 Å². The third kappa shape index (κ3) is 2.90. The van der Waals surface area contributed by atoms with Gasteiger partial charge in [-0.05, 0) is 18.4 Å². The zero-order chi connectivity index (χ0) is 14.7. The van der Waals surface area contributed by atoms with Crippen molar-refractivity contribution in [2.24, 2.45) is 11.7 Å². The van der Waals surface area contributed by atoms with Gasteiger partial charge in [0.05, 0.1) is 16.8 Å². The molecule has 1 aromatic heterocycles. The standard InChI is InChI=1S/C16H22N4/c1-11(2)8-9-20(3)15-12-6-4-5-7-14(12)19-10-13(15)16(17)18/h4-7,10-11H,8-9H2,1-3H3,(H3,17,18). The van der Waals surface area contributed by atoms with E-state index in [1.54, 1.807) is 6.20 Å². The molecular formula is C16H22N4. The number of nitrogens with one attached hydrogen (secondary N) is 1. The van der Waals surface area contributed by atoms with Crippen molar-refractivity contribution >= 4 is 22.4 Å². The molecule has 0 amide bonds. The lowest BCUT2D eigenvalue weighted by Crippen LogP contribution is -2.24. The second-order valence-electron chi connectivity index (χ2n) is 5.56. The van der Waals surface area contributed by atoms with Crippen LogP contribution in [0.1, 0.15) is 25.8 Å². The summed E-state index contributed by atoms with van der Waals surface area (Å²) in [6.45, 7) is 5.36. The summed E-state index contributed by atoms with van der Waals surface area (Å²) in [5.41, 5.74) is 8.36. The van der Waals surface area contributed by atoms with E-state index in [2.05, 4.69) is 30.8 Å². The molecule has 2 aromatic rings. The molecule has 4 heteroatoms. The Morgan fingerprint density at radius 1 is 1.35 bits per heavy atom. The van der Waals surface area contributed by atoms with Gasteiger partial charge in [0, 0.05) is 25.2 Å². The van der Waals surface area contributed by atoms with Crippen LogP contribution in [0.2, 0.25) is 0 Å². The van der Waals surface area contributed by atoms with Crippen LogP contribution in [0.3, 0.4) is 0 Å². The van der Waals surface area contributed by atoms with Crippen molar-refractivity contribution in [1.82, 2.24) is 4.98 Å². The number of nitrogens with two attached hydrogens (primary N) is 1. The summed E-state index contributed by atoms with van der Waals surface area (Å²) in [6.07, 6.45) is 2.80. The van der Waals surface area contributed by atoms with Crippen LogP contribution in [0.5, 0.6) is 0 Å². The van der Waals surface area contributed by atoms with Crippen molar-refractivity contribution in [3.63, 3.8) is 0 Å². The fraction of sp³-hybridized carbons (Fsp3) is 0.375. The Kier molecular flexibility index (Phi) is 4.23. The van der Waals surface area contributed by atoms with Gasteiger partial charge in [-0.2, -0.15) is 0 Å². The number of pyridine rings is 1. The molecule has 0 aliphatic carbocycles. The first-order valence-corrected chi connectivity index (χ1v) is 6.94. The number of rotatable bonds is 5. The highest BCUT2D eigenvalue weighted by atomic mass is 15.1. The van der Waals surface area contributed by atoms with Gasteiger partial charge < -0.3 is 10.6 Å². The van der Waals surface area contributed by atoms with Gasteiger partial charge in [0.1, 0.15) is 5.84 Å². The van der Waals surface area contributed by atoms with Gasteiger partial charge in [-0.3, -0.25) is 10.4 Å². The summed E-state index contributed by atoms with van der Waals surface area (Å²) in [5.74, 6) is 0.709. The molecule has 0 unspecified atom stereocenters. The van der Waals surface area contributed by atoms with E-state index in [9.17, 15) is 0 Å². The lowest BCUT2D eigenvalue weighted by Gasteiger charge is -2.24. The fourth-order valence-corrected chi connectivity index (χ4v) is 2.30. The van der Waals surface area contributed by atoms with Crippen LogP contribution >= 0.6 is 0 Å². The molecule has 1 heterocycles. The quantitative estimate of drug-likeness (QED) is 0.648. The molecule has 0 aliphatic heterocycles. The van der Waals surface area contributed by atoms with Crippen molar-refractivity contribution in [3.8, 4) is 0 Å². The Bertz CT molecular complexity index is 619. The highest BCUT2D eigenvalue weighted by Crippen LogP contribution is 2.28. The van der Waals surface area contributed by atoms with E-state index in [-0.39, 0.29) is 5.84 Å². The minimum Gasteiger partial charge on any atom is -0.384 e. The van der Waals surface area contributed by atoms with Gasteiger partial charge in [-0.25, -0.2) is 0 Å². The Hall–Kier alpha value is -2.10. The van der Waals surface area contributed by atoms with Crippen LogP contribution in [-0.2, 0) is 0 Å². The molecule has 106 valence electrons. The number of hydrogen-bond donors (Lipinski definition) is 2. The number of nitrogens with zero attached hydrogens (tertiary/aromatic N) is 2. The van der Waals surface area contributed by atoms with Gasteiger partial charge in [-0.1, -0.05) is 32.0 Å². The summed E-state index contributed by atoms with van der Waals surface area (Å²) >= 11 is 0. The minimum atomic E-state index is 0.0645. The SMILES string of the molecule is CC(C)CCN(C)c1c(C(=N)N)cnc2ccccc12.